The van der Waals surface area contributed by atoms with E-state index < -0.39 is 25.0 Å². The second-order valence-electron chi connectivity index (χ2n) is 3.79. The Hall–Kier alpha value is -1.94. The third-order valence-corrected chi connectivity index (χ3v) is 3.53. The monoisotopic (exact) mass is 320 g/mol. The highest BCUT2D eigenvalue weighted by Crippen LogP contribution is 2.27. The highest BCUT2D eigenvalue weighted by atomic mass is 35.7. The summed E-state index contributed by atoms with van der Waals surface area (Å²) in [6.07, 6.45) is 0.591. The van der Waals surface area contributed by atoms with Crippen molar-refractivity contribution >= 4 is 25.6 Å². The van der Waals surface area contributed by atoms with Crippen molar-refractivity contribution in [3.05, 3.63) is 22.2 Å². The van der Waals surface area contributed by atoms with E-state index in [1.165, 1.54) is 10.6 Å². The number of nitrogens with zero attached hydrogens (tertiary/aromatic N) is 4. The zero-order chi connectivity index (χ0) is 14.9. The van der Waals surface area contributed by atoms with Crippen molar-refractivity contribution in [2.24, 2.45) is 0 Å². The Morgan fingerprint density at radius 1 is 1.45 bits per heavy atom. The van der Waals surface area contributed by atoms with Gasteiger partial charge in [0.1, 0.15) is 4.92 Å². The maximum absolute atomic E-state index is 11.4. The molecule has 0 aliphatic heterocycles. The van der Waals surface area contributed by atoms with Gasteiger partial charge in [0, 0.05) is 17.2 Å². The lowest BCUT2D eigenvalue weighted by Crippen LogP contribution is -2.07. The number of nitro groups is 1. The normalized spacial score (nSPS) is 11.7. The lowest BCUT2D eigenvalue weighted by molar-refractivity contribution is -0.401. The number of hydrogen-bond donors (Lipinski definition) is 0. The maximum Gasteiger partial charge on any atom is 0.433 e. The first-order valence-corrected chi connectivity index (χ1v) is 7.78. The van der Waals surface area contributed by atoms with Gasteiger partial charge in [0.25, 0.3) is 14.2 Å². The third-order valence-electron chi connectivity index (χ3n) is 2.37. The quantitative estimate of drug-likeness (QED) is 0.467. The lowest BCUT2D eigenvalue weighted by Gasteiger charge is -2.04. The van der Waals surface area contributed by atoms with E-state index in [1.54, 1.807) is 0 Å². The summed E-state index contributed by atoms with van der Waals surface area (Å²) in [5.74, 6) is -0.357. The number of furan rings is 1. The molecule has 0 aromatic carbocycles. The number of aromatic nitrogens is 3. The van der Waals surface area contributed by atoms with E-state index in [0.29, 0.717) is 6.42 Å². The van der Waals surface area contributed by atoms with Gasteiger partial charge in [0.05, 0.1) is 6.07 Å². The average molecular weight is 321 g/mol. The zero-order valence-electron chi connectivity index (χ0n) is 10.2. The fourth-order valence-electron chi connectivity index (χ4n) is 1.62. The number of halogens is 1. The molecular formula is C9H9ClN4O5S. The summed E-state index contributed by atoms with van der Waals surface area (Å²) in [6, 6.07) is 2.47. The van der Waals surface area contributed by atoms with Crippen molar-refractivity contribution in [3.63, 3.8) is 0 Å². The molecule has 0 saturated heterocycles. The summed E-state index contributed by atoms with van der Waals surface area (Å²) in [7, 11) is 1.20. The van der Waals surface area contributed by atoms with Gasteiger partial charge in [-0.25, -0.2) is 8.42 Å². The second-order valence-corrected chi connectivity index (χ2v) is 6.25. The van der Waals surface area contributed by atoms with Gasteiger partial charge in [-0.05, 0) is 12.5 Å². The first-order chi connectivity index (χ1) is 9.34. The topological polar surface area (TPSA) is 121 Å². The molecule has 0 aliphatic carbocycles. The van der Waals surface area contributed by atoms with Crippen molar-refractivity contribution in [3.8, 4) is 11.6 Å². The lowest BCUT2D eigenvalue weighted by atomic mass is 10.4. The van der Waals surface area contributed by atoms with Gasteiger partial charge in [-0.2, -0.15) is 0 Å². The molecule has 0 saturated carbocycles. The molecule has 2 aromatic heterocycles. The molecule has 0 fully saturated rings. The molecule has 0 N–H and O–H groups in total. The van der Waals surface area contributed by atoms with Crippen LogP contribution in [0.15, 0.2) is 21.7 Å². The van der Waals surface area contributed by atoms with Crippen LogP contribution in [0.3, 0.4) is 0 Å². The van der Waals surface area contributed by atoms with Crippen LogP contribution in [-0.4, -0.2) is 28.1 Å². The Bertz CT molecular complexity index is 750. The van der Waals surface area contributed by atoms with E-state index in [-0.39, 0.29) is 18.1 Å². The zero-order valence-corrected chi connectivity index (χ0v) is 11.8. The van der Waals surface area contributed by atoms with Gasteiger partial charge in [0.15, 0.2) is 5.76 Å². The van der Waals surface area contributed by atoms with Gasteiger partial charge >= 0.3 is 5.88 Å². The van der Waals surface area contributed by atoms with Crippen LogP contribution in [0.5, 0.6) is 0 Å². The highest BCUT2D eigenvalue weighted by molar-refractivity contribution is 8.13. The summed E-state index contributed by atoms with van der Waals surface area (Å²) in [5, 5.41) is 17.3. The van der Waals surface area contributed by atoms with E-state index in [1.807, 2.05) is 6.92 Å². The minimum absolute atomic E-state index is 0.0456. The Morgan fingerprint density at radius 2 is 2.15 bits per heavy atom. The molecule has 0 atom stereocenters. The molecular weight excluding hydrogens is 312 g/mol. The second kappa shape index (κ2) is 5.21. The van der Waals surface area contributed by atoms with Crippen molar-refractivity contribution in [2.45, 2.75) is 25.0 Å². The summed E-state index contributed by atoms with van der Waals surface area (Å²) in [4.78, 5) is 9.87. The van der Waals surface area contributed by atoms with Crippen LogP contribution >= 0.6 is 10.7 Å². The maximum atomic E-state index is 11.4. The largest absolute Gasteiger partial charge is 0.433 e. The molecule has 0 unspecified atom stereocenters. The Kier molecular flexibility index (Phi) is 3.77. The molecule has 20 heavy (non-hydrogen) atoms. The van der Waals surface area contributed by atoms with Crippen LogP contribution in [0, 0.1) is 10.1 Å². The van der Waals surface area contributed by atoms with Crippen molar-refractivity contribution in [1.82, 2.24) is 14.8 Å². The van der Waals surface area contributed by atoms with Gasteiger partial charge in [-0.1, -0.05) is 6.92 Å². The molecule has 2 rings (SSSR count). The van der Waals surface area contributed by atoms with Gasteiger partial charge in [-0.15, -0.1) is 10.2 Å². The van der Waals surface area contributed by atoms with Crippen LogP contribution in [-0.2, 0) is 15.6 Å². The molecule has 0 aliphatic rings. The predicted octanol–water partition coefficient (Wildman–Crippen LogP) is 1.78. The summed E-state index contributed by atoms with van der Waals surface area (Å²) >= 11 is 0. The third kappa shape index (κ3) is 2.65. The molecule has 0 radical (unpaired) electrons. The average Bonchev–Trinajstić information content (AvgIpc) is 2.93. The first kappa shape index (κ1) is 14.5. The van der Waals surface area contributed by atoms with Crippen molar-refractivity contribution in [2.75, 3.05) is 0 Å². The highest BCUT2D eigenvalue weighted by Gasteiger charge is 2.25. The van der Waals surface area contributed by atoms with Gasteiger partial charge in [-0.3, -0.25) is 14.7 Å². The Morgan fingerprint density at radius 3 is 2.65 bits per heavy atom. The number of rotatable bonds is 5. The minimum Gasteiger partial charge on any atom is -0.397 e. The number of hydrogen-bond acceptors (Lipinski definition) is 7. The summed E-state index contributed by atoms with van der Waals surface area (Å²) < 4.78 is 29.0. The van der Waals surface area contributed by atoms with Crippen LogP contribution in [0.4, 0.5) is 5.88 Å². The minimum atomic E-state index is -4.07. The van der Waals surface area contributed by atoms with Crippen LogP contribution in [0.25, 0.3) is 11.6 Å². The Labute approximate surface area is 117 Å². The molecule has 0 amide bonds. The van der Waals surface area contributed by atoms with Gasteiger partial charge in [0.2, 0.25) is 5.82 Å². The van der Waals surface area contributed by atoms with Crippen LogP contribution < -0.4 is 0 Å². The van der Waals surface area contributed by atoms with Crippen molar-refractivity contribution in [1.29, 1.82) is 0 Å². The van der Waals surface area contributed by atoms with Crippen LogP contribution in [0.2, 0.25) is 0 Å². The van der Waals surface area contributed by atoms with Gasteiger partial charge < -0.3 is 4.42 Å². The predicted molar refractivity (Wildman–Crippen MR) is 67.7 cm³/mol. The van der Waals surface area contributed by atoms with E-state index in [4.69, 9.17) is 15.1 Å². The molecule has 2 aromatic rings. The molecule has 0 spiro atoms. The molecule has 9 nitrogen and oxygen atoms in total. The summed E-state index contributed by atoms with van der Waals surface area (Å²) in [6.45, 7) is 2.09. The fraction of sp³-hybridized carbons (Fsp3) is 0.333. The van der Waals surface area contributed by atoms with E-state index in [2.05, 4.69) is 10.2 Å². The Balaban J connectivity index is 2.56. The van der Waals surface area contributed by atoms with E-state index in [0.717, 1.165) is 6.07 Å². The molecule has 2 heterocycles. The fourth-order valence-corrected chi connectivity index (χ4v) is 2.54. The SMILES string of the molecule is CCCn1c(-c2ccc([N+](=O)[O-])o2)nnc1S(=O)(=O)Cl. The summed E-state index contributed by atoms with van der Waals surface area (Å²) in [5.41, 5.74) is 0. The molecule has 0 bridgehead atoms. The smallest absolute Gasteiger partial charge is 0.397 e. The standard InChI is InChI=1S/C9H9ClN4O5S/c1-2-5-13-8(11-12-9(13)20(10,17)18)6-3-4-7(19-6)14(15)16/h3-4H,2,5H2,1H3. The van der Waals surface area contributed by atoms with Crippen LogP contribution in [0.1, 0.15) is 13.3 Å². The van der Waals surface area contributed by atoms with E-state index >= 15 is 0 Å². The van der Waals surface area contributed by atoms with E-state index in [9.17, 15) is 18.5 Å². The first-order valence-electron chi connectivity index (χ1n) is 5.47. The van der Waals surface area contributed by atoms with Crippen molar-refractivity contribution < 1.29 is 17.8 Å². The molecule has 108 valence electrons. The molecule has 11 heteroatoms.